The molecule has 0 fully saturated rings. The first-order chi connectivity index (χ1) is 6.88. The predicted octanol–water partition coefficient (Wildman–Crippen LogP) is 2.82. The molecule has 0 aliphatic heterocycles. The Kier molecular flexibility index (Phi) is 1.78. The van der Waals surface area contributed by atoms with Gasteiger partial charge in [-0.25, -0.2) is 4.98 Å². The molecule has 0 aliphatic carbocycles. The van der Waals surface area contributed by atoms with Crippen LogP contribution in [0.15, 0.2) is 23.2 Å². The molecule has 0 bridgehead atoms. The maximum atomic E-state index is 4.33. The summed E-state index contributed by atoms with van der Waals surface area (Å²) in [6.45, 7) is 3.19. The minimum absolute atomic E-state index is 1.02. The van der Waals surface area contributed by atoms with Crippen LogP contribution in [0.2, 0.25) is 0 Å². The molecule has 0 aliphatic rings. The molecular weight excluding hydrogens is 212 g/mol. The topological polar surface area (TPSA) is 16.8 Å². The summed E-state index contributed by atoms with van der Waals surface area (Å²) in [4.78, 5) is 4.33. The molecule has 0 saturated carbocycles. The van der Waals surface area contributed by atoms with E-state index in [1.165, 1.54) is 14.9 Å². The van der Waals surface area contributed by atoms with Gasteiger partial charge in [-0.2, -0.15) is 4.57 Å². The number of aryl methyl sites for hydroxylation is 1. The molecular formula is C10H9N2S2+. The maximum absolute atomic E-state index is 4.33. The Morgan fingerprint density at radius 1 is 1.29 bits per heavy atom. The molecule has 0 radical (unpaired) electrons. The van der Waals surface area contributed by atoms with Gasteiger partial charge in [-0.3, -0.25) is 0 Å². The number of thiazole rings is 2. The van der Waals surface area contributed by atoms with Crippen molar-refractivity contribution in [3.05, 3.63) is 23.2 Å². The van der Waals surface area contributed by atoms with E-state index in [0.29, 0.717) is 0 Å². The van der Waals surface area contributed by atoms with Crippen LogP contribution in [0.1, 0.15) is 6.92 Å². The van der Waals surface area contributed by atoms with Crippen molar-refractivity contribution in [3.63, 3.8) is 0 Å². The van der Waals surface area contributed by atoms with Crippen molar-refractivity contribution in [2.24, 2.45) is 0 Å². The average Bonchev–Trinajstić information content (AvgIpc) is 2.78. The molecule has 0 amide bonds. The zero-order valence-electron chi connectivity index (χ0n) is 7.73. The molecule has 14 heavy (non-hydrogen) atoms. The Balaban J connectivity index is 2.47. The Morgan fingerprint density at radius 3 is 3.07 bits per heavy atom. The van der Waals surface area contributed by atoms with Gasteiger partial charge in [0.2, 0.25) is 11.0 Å². The summed E-state index contributed by atoms with van der Waals surface area (Å²) >= 11 is 3.50. The van der Waals surface area contributed by atoms with Crippen LogP contribution in [0.25, 0.3) is 20.4 Å². The predicted molar refractivity (Wildman–Crippen MR) is 60.9 cm³/mol. The summed E-state index contributed by atoms with van der Waals surface area (Å²) in [5.74, 6) is 0. The summed E-state index contributed by atoms with van der Waals surface area (Å²) < 4.78 is 4.89. The van der Waals surface area contributed by atoms with E-state index in [4.69, 9.17) is 0 Å². The summed E-state index contributed by atoms with van der Waals surface area (Å²) in [6.07, 6.45) is 0. The van der Waals surface area contributed by atoms with Crippen LogP contribution in [0.5, 0.6) is 0 Å². The smallest absolute Gasteiger partial charge is 0.225 e. The van der Waals surface area contributed by atoms with Gasteiger partial charge < -0.3 is 0 Å². The van der Waals surface area contributed by atoms with Crippen molar-refractivity contribution in [1.82, 2.24) is 4.98 Å². The monoisotopic (exact) mass is 221 g/mol. The molecule has 70 valence electrons. The molecule has 2 nitrogen and oxygen atoms in total. The Bertz CT molecular complexity index is 594. The van der Waals surface area contributed by atoms with E-state index in [-0.39, 0.29) is 0 Å². The van der Waals surface area contributed by atoms with Crippen molar-refractivity contribution in [3.8, 4) is 0 Å². The normalized spacial score (nSPS) is 11.5. The van der Waals surface area contributed by atoms with E-state index in [9.17, 15) is 0 Å². The van der Waals surface area contributed by atoms with Crippen LogP contribution in [-0.4, -0.2) is 4.98 Å². The second-order valence-electron chi connectivity index (χ2n) is 3.15. The van der Waals surface area contributed by atoms with Crippen molar-refractivity contribution < 1.29 is 4.57 Å². The van der Waals surface area contributed by atoms with Gasteiger partial charge in [0, 0.05) is 6.07 Å². The standard InChI is InChI=1S/C10H9N2S2/c1-2-12-6-14-10-4-9-7(3-8(10)12)11-5-13-9/h3-6H,2H2,1H3/q+1. The lowest BCUT2D eigenvalue weighted by atomic mass is 10.3. The second-order valence-corrected chi connectivity index (χ2v) is 4.92. The Labute approximate surface area is 89.5 Å². The van der Waals surface area contributed by atoms with E-state index in [0.717, 1.165) is 12.1 Å². The summed E-state index contributed by atoms with van der Waals surface area (Å²) in [5, 5.41) is 0. The lowest BCUT2D eigenvalue weighted by Crippen LogP contribution is -2.29. The fraction of sp³-hybridized carbons (Fsp3) is 0.200. The molecule has 1 aromatic carbocycles. The van der Waals surface area contributed by atoms with Gasteiger partial charge in [0.25, 0.3) is 0 Å². The third kappa shape index (κ3) is 1.07. The number of aromatic nitrogens is 2. The minimum Gasteiger partial charge on any atom is -0.244 e. The fourth-order valence-electron chi connectivity index (χ4n) is 1.61. The number of hydrogen-bond acceptors (Lipinski definition) is 3. The fourth-order valence-corrected chi connectivity index (χ4v) is 3.37. The first-order valence-electron chi connectivity index (χ1n) is 4.52. The molecule has 0 saturated heterocycles. The zero-order chi connectivity index (χ0) is 9.54. The van der Waals surface area contributed by atoms with Crippen molar-refractivity contribution >= 4 is 43.1 Å². The molecule has 3 aromatic rings. The molecule has 0 spiro atoms. The van der Waals surface area contributed by atoms with Gasteiger partial charge in [0.05, 0.1) is 15.7 Å². The van der Waals surface area contributed by atoms with Crippen molar-refractivity contribution in [2.75, 3.05) is 0 Å². The van der Waals surface area contributed by atoms with Crippen molar-refractivity contribution in [2.45, 2.75) is 13.5 Å². The number of nitrogens with zero attached hydrogens (tertiary/aromatic N) is 2. The van der Waals surface area contributed by atoms with Crippen LogP contribution in [0, 0.1) is 0 Å². The highest BCUT2D eigenvalue weighted by Gasteiger charge is 2.11. The minimum atomic E-state index is 1.02. The summed E-state index contributed by atoms with van der Waals surface area (Å²) in [5.41, 5.74) is 6.50. The second kappa shape index (κ2) is 3.00. The first-order valence-corrected chi connectivity index (χ1v) is 6.28. The maximum Gasteiger partial charge on any atom is 0.225 e. The zero-order valence-corrected chi connectivity index (χ0v) is 9.36. The lowest BCUT2D eigenvalue weighted by Gasteiger charge is -1.88. The van der Waals surface area contributed by atoms with Gasteiger partial charge in [0.1, 0.15) is 11.2 Å². The van der Waals surface area contributed by atoms with Crippen LogP contribution >= 0.6 is 22.7 Å². The van der Waals surface area contributed by atoms with E-state index >= 15 is 0 Å². The Morgan fingerprint density at radius 2 is 2.21 bits per heavy atom. The van der Waals surface area contributed by atoms with Crippen LogP contribution in [0.3, 0.4) is 0 Å². The highest BCUT2D eigenvalue weighted by atomic mass is 32.1. The SMILES string of the molecule is CC[n+]1csc2cc3scnc3cc21. The van der Waals surface area contributed by atoms with E-state index in [2.05, 4.69) is 34.1 Å². The largest absolute Gasteiger partial charge is 0.244 e. The first kappa shape index (κ1) is 8.32. The van der Waals surface area contributed by atoms with Gasteiger partial charge in [-0.1, -0.05) is 11.3 Å². The number of benzene rings is 1. The number of fused-ring (bicyclic) bond motifs is 2. The van der Waals surface area contributed by atoms with Crippen LogP contribution in [0.4, 0.5) is 0 Å². The Hall–Kier alpha value is -1.00. The van der Waals surface area contributed by atoms with Gasteiger partial charge >= 0.3 is 0 Å². The summed E-state index contributed by atoms with van der Waals surface area (Å²) in [7, 11) is 0. The van der Waals surface area contributed by atoms with Crippen LogP contribution in [-0.2, 0) is 6.54 Å². The van der Waals surface area contributed by atoms with E-state index in [1.807, 2.05) is 5.51 Å². The highest BCUT2D eigenvalue weighted by Crippen LogP contribution is 2.25. The summed E-state index contributed by atoms with van der Waals surface area (Å²) in [6, 6.07) is 4.42. The van der Waals surface area contributed by atoms with E-state index < -0.39 is 0 Å². The van der Waals surface area contributed by atoms with Crippen molar-refractivity contribution in [1.29, 1.82) is 0 Å². The third-order valence-electron chi connectivity index (χ3n) is 2.37. The molecule has 4 heteroatoms. The van der Waals surface area contributed by atoms with Gasteiger partial charge in [-0.05, 0) is 13.0 Å². The molecule has 3 rings (SSSR count). The van der Waals surface area contributed by atoms with Crippen LogP contribution < -0.4 is 4.57 Å². The third-order valence-corrected chi connectivity index (χ3v) is 4.10. The quantitative estimate of drug-likeness (QED) is 0.577. The number of hydrogen-bond donors (Lipinski definition) is 0. The molecule has 0 atom stereocenters. The molecule has 0 unspecified atom stereocenters. The molecule has 2 heterocycles. The lowest BCUT2D eigenvalue weighted by molar-refractivity contribution is -0.663. The highest BCUT2D eigenvalue weighted by molar-refractivity contribution is 7.18. The van der Waals surface area contributed by atoms with Gasteiger partial charge in [-0.15, -0.1) is 11.3 Å². The number of rotatable bonds is 1. The van der Waals surface area contributed by atoms with Gasteiger partial charge in [0.15, 0.2) is 0 Å². The molecule has 0 N–H and O–H groups in total. The molecule has 2 aromatic heterocycles. The average molecular weight is 221 g/mol. The van der Waals surface area contributed by atoms with E-state index in [1.54, 1.807) is 22.7 Å².